The molecule has 0 aliphatic carbocycles. The average molecular weight is 522 g/mol. The Hall–Kier alpha value is -4.11. The third-order valence-electron chi connectivity index (χ3n) is 5.08. The molecule has 0 aromatic heterocycles. The second-order valence-electron chi connectivity index (χ2n) is 8.45. The molecule has 3 aromatic carbocycles. The van der Waals surface area contributed by atoms with E-state index < -0.39 is 11.8 Å². The number of nitrogens with one attached hydrogen (secondary N) is 3. The van der Waals surface area contributed by atoms with Gasteiger partial charge in [-0.15, -0.1) is 0 Å². The Bertz CT molecular complexity index is 1150. The molecule has 0 radical (unpaired) electrons. The number of benzene rings is 3. The largest absolute Gasteiger partial charge is 0.494 e. The van der Waals surface area contributed by atoms with Crippen molar-refractivity contribution in [2.24, 2.45) is 5.92 Å². The van der Waals surface area contributed by atoms with E-state index in [1.807, 2.05) is 30.3 Å². The van der Waals surface area contributed by atoms with Crippen LogP contribution in [0.3, 0.4) is 0 Å². The fourth-order valence-electron chi connectivity index (χ4n) is 3.05. The van der Waals surface area contributed by atoms with Gasteiger partial charge in [-0.2, -0.15) is 0 Å². The van der Waals surface area contributed by atoms with Crippen molar-refractivity contribution in [3.8, 4) is 17.2 Å². The molecule has 0 fully saturated rings. The van der Waals surface area contributed by atoms with Gasteiger partial charge >= 0.3 is 0 Å². The van der Waals surface area contributed by atoms with Gasteiger partial charge in [0.2, 0.25) is 0 Å². The van der Waals surface area contributed by atoms with Crippen LogP contribution in [0.5, 0.6) is 17.2 Å². The highest BCUT2D eigenvalue weighted by Crippen LogP contribution is 2.14. The maximum absolute atomic E-state index is 12.4. The summed E-state index contributed by atoms with van der Waals surface area (Å²) >= 11 is 5.11. The molecule has 0 spiro atoms. The van der Waals surface area contributed by atoms with Crippen molar-refractivity contribution in [2.75, 3.05) is 19.8 Å². The Kier molecular flexibility index (Phi) is 10.7. The van der Waals surface area contributed by atoms with E-state index in [1.165, 1.54) is 0 Å². The predicted octanol–water partition coefficient (Wildman–Crippen LogP) is 4.52. The first kappa shape index (κ1) is 27.5. The SMILES string of the molecule is CC(C)CCOc1ccc(C(=O)NNC(=S)NC(=O)c2ccc(OCCOc3ccccc3)cc2)cc1. The number of carbonyl (C=O) groups is 2. The van der Waals surface area contributed by atoms with Gasteiger partial charge in [-0.3, -0.25) is 25.8 Å². The minimum atomic E-state index is -0.423. The van der Waals surface area contributed by atoms with Crippen LogP contribution < -0.4 is 30.4 Å². The first-order chi connectivity index (χ1) is 17.9. The number of hydrogen-bond donors (Lipinski definition) is 3. The summed E-state index contributed by atoms with van der Waals surface area (Å²) in [5, 5.41) is 2.48. The molecule has 0 aliphatic heterocycles. The fourth-order valence-corrected chi connectivity index (χ4v) is 3.19. The van der Waals surface area contributed by atoms with Crippen LogP contribution >= 0.6 is 12.2 Å². The average Bonchev–Trinajstić information content (AvgIpc) is 2.91. The first-order valence-corrected chi connectivity index (χ1v) is 12.4. The monoisotopic (exact) mass is 521 g/mol. The van der Waals surface area contributed by atoms with Crippen molar-refractivity contribution in [1.82, 2.24) is 16.2 Å². The second kappa shape index (κ2) is 14.4. The maximum atomic E-state index is 12.4. The van der Waals surface area contributed by atoms with E-state index in [0.29, 0.717) is 48.4 Å². The summed E-state index contributed by atoms with van der Waals surface area (Å²) < 4.78 is 16.9. The van der Waals surface area contributed by atoms with Gasteiger partial charge in [0.1, 0.15) is 30.5 Å². The van der Waals surface area contributed by atoms with Crippen molar-refractivity contribution in [3.63, 3.8) is 0 Å². The van der Waals surface area contributed by atoms with E-state index in [4.69, 9.17) is 26.4 Å². The zero-order valence-electron chi connectivity index (χ0n) is 20.9. The molecule has 3 aromatic rings. The van der Waals surface area contributed by atoms with Crippen LogP contribution in [0.4, 0.5) is 0 Å². The minimum absolute atomic E-state index is 0.0367. The van der Waals surface area contributed by atoms with Gasteiger partial charge in [0, 0.05) is 11.1 Å². The summed E-state index contributed by atoms with van der Waals surface area (Å²) in [7, 11) is 0. The third kappa shape index (κ3) is 9.81. The highest BCUT2D eigenvalue weighted by molar-refractivity contribution is 7.80. The van der Waals surface area contributed by atoms with Gasteiger partial charge in [-0.25, -0.2) is 0 Å². The summed E-state index contributed by atoms with van der Waals surface area (Å²) in [6.07, 6.45) is 0.956. The molecular formula is C28H31N3O5S. The predicted molar refractivity (Wildman–Crippen MR) is 146 cm³/mol. The van der Waals surface area contributed by atoms with Crippen molar-refractivity contribution in [2.45, 2.75) is 20.3 Å². The number of carbonyl (C=O) groups excluding carboxylic acids is 2. The summed E-state index contributed by atoms with van der Waals surface area (Å²) in [6, 6.07) is 22.9. The van der Waals surface area contributed by atoms with E-state index in [2.05, 4.69) is 30.0 Å². The molecule has 0 atom stereocenters. The molecule has 194 valence electrons. The summed E-state index contributed by atoms with van der Waals surface area (Å²) in [5.41, 5.74) is 5.80. The number of amides is 2. The Morgan fingerprint density at radius 2 is 1.16 bits per heavy atom. The van der Waals surface area contributed by atoms with Crippen molar-refractivity contribution >= 4 is 29.1 Å². The van der Waals surface area contributed by atoms with Crippen molar-refractivity contribution in [3.05, 3.63) is 90.0 Å². The Balaban J connectivity index is 1.36. The van der Waals surface area contributed by atoms with Crippen LogP contribution in [0.1, 0.15) is 41.0 Å². The Morgan fingerprint density at radius 1 is 0.676 bits per heavy atom. The lowest BCUT2D eigenvalue weighted by molar-refractivity contribution is 0.0934. The molecule has 0 saturated carbocycles. The van der Waals surface area contributed by atoms with Crippen LogP contribution in [0.15, 0.2) is 78.9 Å². The van der Waals surface area contributed by atoms with Gasteiger partial charge in [0.15, 0.2) is 5.11 Å². The highest BCUT2D eigenvalue weighted by atomic mass is 32.1. The van der Waals surface area contributed by atoms with Crippen LogP contribution in [-0.2, 0) is 0 Å². The second-order valence-corrected chi connectivity index (χ2v) is 8.86. The normalized spacial score (nSPS) is 10.4. The van der Waals surface area contributed by atoms with Gasteiger partial charge in [-0.1, -0.05) is 32.0 Å². The third-order valence-corrected chi connectivity index (χ3v) is 5.28. The van der Waals surface area contributed by atoms with Gasteiger partial charge in [0.25, 0.3) is 11.8 Å². The van der Waals surface area contributed by atoms with Gasteiger partial charge in [-0.05, 0) is 85.2 Å². The molecule has 3 N–H and O–H groups in total. The number of ether oxygens (including phenoxy) is 3. The molecule has 0 saturated heterocycles. The zero-order chi connectivity index (χ0) is 26.5. The topological polar surface area (TPSA) is 97.9 Å². The number of thiocarbonyl (C=S) groups is 1. The van der Waals surface area contributed by atoms with E-state index in [1.54, 1.807) is 48.5 Å². The molecule has 8 nitrogen and oxygen atoms in total. The molecular weight excluding hydrogens is 490 g/mol. The molecule has 0 heterocycles. The van der Waals surface area contributed by atoms with Crippen molar-refractivity contribution < 1.29 is 23.8 Å². The molecule has 0 bridgehead atoms. The molecule has 0 aliphatic rings. The van der Waals surface area contributed by atoms with E-state index in [-0.39, 0.29) is 5.11 Å². The van der Waals surface area contributed by atoms with E-state index >= 15 is 0 Å². The summed E-state index contributed by atoms with van der Waals surface area (Å²) in [6.45, 7) is 5.65. The lowest BCUT2D eigenvalue weighted by atomic mass is 10.1. The molecule has 37 heavy (non-hydrogen) atoms. The smallest absolute Gasteiger partial charge is 0.269 e. The number of hydrogen-bond acceptors (Lipinski definition) is 6. The Morgan fingerprint density at radius 3 is 1.70 bits per heavy atom. The maximum Gasteiger partial charge on any atom is 0.269 e. The van der Waals surface area contributed by atoms with Crippen LogP contribution in [-0.4, -0.2) is 36.7 Å². The molecule has 2 amide bonds. The highest BCUT2D eigenvalue weighted by Gasteiger charge is 2.10. The minimum Gasteiger partial charge on any atom is -0.494 e. The molecule has 9 heteroatoms. The summed E-state index contributed by atoms with van der Waals surface area (Å²) in [4.78, 5) is 24.8. The standard InChI is InChI=1S/C28H31N3O5S/c1-20(2)16-17-34-24-14-10-22(11-15-24)27(33)30-31-28(37)29-26(32)21-8-12-25(13-9-21)36-19-18-35-23-6-4-3-5-7-23/h3-15,20H,16-19H2,1-2H3,(H,30,33)(H2,29,31,32,37). The van der Waals surface area contributed by atoms with Gasteiger partial charge in [0.05, 0.1) is 6.61 Å². The van der Waals surface area contributed by atoms with Gasteiger partial charge < -0.3 is 14.2 Å². The Labute approximate surface area is 222 Å². The number of para-hydroxylation sites is 1. The summed E-state index contributed by atoms with van der Waals surface area (Å²) in [5.74, 6) is 1.82. The first-order valence-electron chi connectivity index (χ1n) is 12.0. The van der Waals surface area contributed by atoms with Crippen molar-refractivity contribution in [1.29, 1.82) is 0 Å². The number of rotatable bonds is 11. The van der Waals surface area contributed by atoms with Crippen LogP contribution in [0.2, 0.25) is 0 Å². The lowest BCUT2D eigenvalue weighted by Gasteiger charge is -2.12. The number of hydrazine groups is 1. The zero-order valence-corrected chi connectivity index (χ0v) is 21.7. The quantitative estimate of drug-likeness (QED) is 0.194. The van der Waals surface area contributed by atoms with Crippen LogP contribution in [0, 0.1) is 5.92 Å². The molecule has 0 unspecified atom stereocenters. The molecule has 3 rings (SSSR count). The van der Waals surface area contributed by atoms with E-state index in [9.17, 15) is 9.59 Å². The lowest BCUT2D eigenvalue weighted by Crippen LogP contribution is -2.48. The van der Waals surface area contributed by atoms with E-state index in [0.717, 1.165) is 12.2 Å². The fraction of sp³-hybridized carbons (Fsp3) is 0.250. The van der Waals surface area contributed by atoms with Crippen LogP contribution in [0.25, 0.3) is 0 Å².